The van der Waals surface area contributed by atoms with Crippen molar-refractivity contribution in [1.29, 1.82) is 0 Å². The topological polar surface area (TPSA) is 115 Å². The molecule has 0 bridgehead atoms. The van der Waals surface area contributed by atoms with Crippen LogP contribution in [0.2, 0.25) is 0 Å². The third-order valence-electron chi connectivity index (χ3n) is 4.53. The first-order chi connectivity index (χ1) is 13.3. The molecule has 1 amide bonds. The smallest absolute Gasteiger partial charge is 0.374 e. The number of sulfonamides is 1. The number of amides is 1. The van der Waals surface area contributed by atoms with Crippen LogP contribution in [0.3, 0.4) is 0 Å². The average molecular weight is 410 g/mol. The summed E-state index contributed by atoms with van der Waals surface area (Å²) in [5.41, 5.74) is 0. The lowest BCUT2D eigenvalue weighted by atomic mass is 10.2. The molecule has 0 aliphatic carbocycles. The molecule has 1 saturated heterocycles. The summed E-state index contributed by atoms with van der Waals surface area (Å²) in [6.07, 6.45) is 4.88. The lowest BCUT2D eigenvalue weighted by Crippen LogP contribution is -2.51. The molecule has 1 aliphatic rings. The van der Waals surface area contributed by atoms with E-state index in [0.29, 0.717) is 0 Å². The molecule has 2 aromatic heterocycles. The van der Waals surface area contributed by atoms with Gasteiger partial charge in [-0.05, 0) is 26.0 Å². The van der Waals surface area contributed by atoms with Crippen molar-refractivity contribution in [3.63, 3.8) is 0 Å². The molecule has 1 atom stereocenters. The molecule has 0 N–H and O–H groups in total. The number of imidazole rings is 1. The number of hydrogen-bond donors (Lipinski definition) is 0. The number of furan rings is 1. The van der Waals surface area contributed by atoms with Gasteiger partial charge in [-0.2, -0.15) is 4.31 Å². The Labute approximate surface area is 162 Å². The van der Waals surface area contributed by atoms with E-state index < -0.39 is 22.0 Å². The summed E-state index contributed by atoms with van der Waals surface area (Å²) in [4.78, 5) is 29.8. The summed E-state index contributed by atoms with van der Waals surface area (Å²) in [6, 6.07) is 2.10. The lowest BCUT2D eigenvalue weighted by Gasteiger charge is -2.34. The third-order valence-corrected chi connectivity index (χ3v) is 6.30. The first-order valence-corrected chi connectivity index (χ1v) is 10.3. The van der Waals surface area contributed by atoms with E-state index in [1.54, 1.807) is 42.0 Å². The largest absolute Gasteiger partial charge is 0.460 e. The summed E-state index contributed by atoms with van der Waals surface area (Å²) in [6.45, 7) is 4.39. The van der Waals surface area contributed by atoms with Crippen LogP contribution in [0.4, 0.5) is 0 Å². The maximum Gasteiger partial charge on any atom is 0.374 e. The Bertz CT molecular complexity index is 929. The minimum atomic E-state index is -3.90. The van der Waals surface area contributed by atoms with Crippen LogP contribution in [-0.2, 0) is 19.6 Å². The van der Waals surface area contributed by atoms with Crippen molar-refractivity contribution in [2.45, 2.75) is 25.0 Å². The number of ether oxygens (including phenoxy) is 1. The highest BCUT2D eigenvalue weighted by molar-refractivity contribution is 7.89. The molecular weight excluding hydrogens is 388 g/mol. The Balaban J connectivity index is 1.64. The number of esters is 1. The van der Waals surface area contributed by atoms with Gasteiger partial charge in [0.2, 0.25) is 16.8 Å². The van der Waals surface area contributed by atoms with Gasteiger partial charge in [0, 0.05) is 38.6 Å². The summed E-state index contributed by atoms with van der Waals surface area (Å²) >= 11 is 0. The fourth-order valence-corrected chi connectivity index (χ4v) is 4.27. The summed E-state index contributed by atoms with van der Waals surface area (Å²) < 4.78 is 38.4. The average Bonchev–Trinajstić information content (AvgIpc) is 3.39. The molecule has 28 heavy (non-hydrogen) atoms. The van der Waals surface area contributed by atoms with E-state index in [4.69, 9.17) is 9.15 Å². The first-order valence-electron chi connectivity index (χ1n) is 8.88. The second-order valence-electron chi connectivity index (χ2n) is 6.25. The Morgan fingerprint density at radius 3 is 2.57 bits per heavy atom. The van der Waals surface area contributed by atoms with Gasteiger partial charge in [-0.25, -0.2) is 18.2 Å². The fraction of sp³-hybridized carbons (Fsp3) is 0.471. The van der Waals surface area contributed by atoms with E-state index in [2.05, 4.69) is 4.98 Å². The molecule has 152 valence electrons. The molecular formula is C17H22N4O6S. The van der Waals surface area contributed by atoms with Gasteiger partial charge in [-0.1, -0.05) is 0 Å². The highest BCUT2D eigenvalue weighted by Crippen LogP contribution is 2.21. The van der Waals surface area contributed by atoms with E-state index in [9.17, 15) is 18.0 Å². The number of rotatable bonds is 6. The van der Waals surface area contributed by atoms with Crippen LogP contribution in [-0.4, -0.2) is 71.8 Å². The second-order valence-corrected chi connectivity index (χ2v) is 8.12. The number of aromatic nitrogens is 2. The monoisotopic (exact) mass is 410 g/mol. The van der Waals surface area contributed by atoms with Gasteiger partial charge >= 0.3 is 5.97 Å². The van der Waals surface area contributed by atoms with Crippen molar-refractivity contribution >= 4 is 21.9 Å². The van der Waals surface area contributed by atoms with Gasteiger partial charge < -0.3 is 18.6 Å². The van der Waals surface area contributed by atoms with Gasteiger partial charge in [0.25, 0.3) is 10.0 Å². The number of carbonyl (C=O) groups is 2. The van der Waals surface area contributed by atoms with Gasteiger partial charge in [0.1, 0.15) is 6.04 Å². The highest BCUT2D eigenvalue weighted by atomic mass is 32.2. The predicted molar refractivity (Wildman–Crippen MR) is 96.9 cm³/mol. The minimum absolute atomic E-state index is 0.0994. The summed E-state index contributed by atoms with van der Waals surface area (Å²) in [5.74, 6) is -0.978. The Kier molecular flexibility index (Phi) is 5.84. The SMILES string of the molecule is CCOC(=O)c1ccc(S(=O)(=O)N2CCN(C(=O)[C@@H](C)n3ccnc3)CC2)o1. The van der Waals surface area contributed by atoms with Crippen LogP contribution in [0.1, 0.15) is 30.4 Å². The van der Waals surface area contributed by atoms with E-state index in [-0.39, 0.29) is 49.5 Å². The molecule has 0 saturated carbocycles. The van der Waals surface area contributed by atoms with Gasteiger partial charge in [-0.15, -0.1) is 0 Å². The minimum Gasteiger partial charge on any atom is -0.460 e. The van der Waals surface area contributed by atoms with Crippen LogP contribution in [0, 0.1) is 0 Å². The second kappa shape index (κ2) is 8.15. The number of nitrogens with zero attached hydrogens (tertiary/aromatic N) is 4. The van der Waals surface area contributed by atoms with Crippen LogP contribution in [0.5, 0.6) is 0 Å². The van der Waals surface area contributed by atoms with Crippen LogP contribution in [0.25, 0.3) is 0 Å². The molecule has 1 fully saturated rings. The molecule has 0 aromatic carbocycles. The summed E-state index contributed by atoms with van der Waals surface area (Å²) in [5, 5.41) is -0.317. The van der Waals surface area contributed by atoms with Crippen molar-refractivity contribution in [2.75, 3.05) is 32.8 Å². The first kappa shape index (κ1) is 20.1. The number of piperazine rings is 1. The maximum atomic E-state index is 12.7. The normalized spacial score (nSPS) is 16.7. The molecule has 3 rings (SSSR count). The standard InChI is InChI=1S/C17H22N4O6S/c1-3-26-17(23)14-4-5-15(27-14)28(24,25)21-10-8-19(9-11-21)16(22)13(2)20-7-6-18-12-20/h4-7,12-13H,3,8-11H2,1-2H3/t13-/m1/s1. The van der Waals surface area contributed by atoms with E-state index in [0.717, 1.165) is 0 Å². The molecule has 0 radical (unpaired) electrons. The van der Waals surface area contributed by atoms with Crippen LogP contribution in [0.15, 0.2) is 40.4 Å². The molecule has 0 unspecified atom stereocenters. The van der Waals surface area contributed by atoms with Crippen LogP contribution >= 0.6 is 0 Å². The molecule has 3 heterocycles. The van der Waals surface area contributed by atoms with Gasteiger partial charge in [0.15, 0.2) is 0 Å². The van der Waals surface area contributed by atoms with Crippen LogP contribution < -0.4 is 0 Å². The molecule has 2 aromatic rings. The summed E-state index contributed by atoms with van der Waals surface area (Å²) in [7, 11) is -3.90. The quantitative estimate of drug-likeness (QED) is 0.645. The Hall–Kier alpha value is -2.66. The molecule has 11 heteroatoms. The third kappa shape index (κ3) is 3.94. The van der Waals surface area contributed by atoms with E-state index in [1.807, 2.05) is 0 Å². The van der Waals surface area contributed by atoms with Gasteiger partial charge in [0.05, 0.1) is 12.9 Å². The predicted octanol–water partition coefficient (Wildman–Crippen LogP) is 0.747. The van der Waals surface area contributed by atoms with Gasteiger partial charge in [-0.3, -0.25) is 4.79 Å². The fourth-order valence-electron chi connectivity index (χ4n) is 2.94. The highest BCUT2D eigenvalue weighted by Gasteiger charge is 2.34. The maximum absolute atomic E-state index is 12.7. The Morgan fingerprint density at radius 2 is 1.96 bits per heavy atom. The van der Waals surface area contributed by atoms with Crippen molar-refractivity contribution in [3.8, 4) is 0 Å². The number of hydrogen-bond acceptors (Lipinski definition) is 7. The van der Waals surface area contributed by atoms with Crippen molar-refractivity contribution < 1.29 is 27.2 Å². The molecule has 1 aliphatic heterocycles. The zero-order chi connectivity index (χ0) is 20.3. The van der Waals surface area contributed by atoms with Crippen molar-refractivity contribution in [1.82, 2.24) is 18.8 Å². The van der Waals surface area contributed by atoms with Crippen molar-refractivity contribution in [2.24, 2.45) is 0 Å². The molecule has 10 nitrogen and oxygen atoms in total. The van der Waals surface area contributed by atoms with E-state index >= 15 is 0 Å². The Morgan fingerprint density at radius 1 is 1.25 bits per heavy atom. The van der Waals surface area contributed by atoms with E-state index in [1.165, 1.54) is 16.4 Å². The zero-order valence-corrected chi connectivity index (χ0v) is 16.5. The lowest BCUT2D eigenvalue weighted by molar-refractivity contribution is -0.135. The molecule has 0 spiro atoms. The van der Waals surface area contributed by atoms with Crippen molar-refractivity contribution in [3.05, 3.63) is 36.6 Å². The zero-order valence-electron chi connectivity index (χ0n) is 15.6. The number of carbonyl (C=O) groups excluding carboxylic acids is 2.